The maximum Gasteiger partial charge on any atom is 0.326 e. The van der Waals surface area contributed by atoms with Crippen molar-refractivity contribution in [3.05, 3.63) is 29.8 Å². The van der Waals surface area contributed by atoms with E-state index in [1.54, 1.807) is 0 Å². The fourth-order valence-electron chi connectivity index (χ4n) is 2.10. The van der Waals surface area contributed by atoms with Gasteiger partial charge in [0.15, 0.2) is 0 Å². The van der Waals surface area contributed by atoms with Crippen LogP contribution in [0.25, 0.3) is 0 Å². The van der Waals surface area contributed by atoms with Crippen LogP contribution in [0.4, 0.5) is 0 Å². The second-order valence-electron chi connectivity index (χ2n) is 5.72. The van der Waals surface area contributed by atoms with Crippen LogP contribution >= 0.6 is 0 Å². The molecule has 0 heterocycles. The summed E-state index contributed by atoms with van der Waals surface area (Å²) in [5.74, 6) is -0.784. The van der Waals surface area contributed by atoms with E-state index in [1.807, 2.05) is 52.0 Å². The highest BCUT2D eigenvalue weighted by Crippen LogP contribution is 2.20. The summed E-state index contributed by atoms with van der Waals surface area (Å²) in [5.41, 5.74) is 0.752. The van der Waals surface area contributed by atoms with Gasteiger partial charge >= 0.3 is 5.97 Å². The number of hydrogen-bond donors (Lipinski definition) is 2. The number of carbonyl (C=O) groups excluding carboxylic acids is 1. The molecular formula is C17H25NO4. The van der Waals surface area contributed by atoms with Gasteiger partial charge < -0.3 is 15.2 Å². The van der Waals surface area contributed by atoms with Crippen molar-refractivity contribution in [2.45, 2.75) is 52.7 Å². The first-order valence-electron chi connectivity index (χ1n) is 7.61. The molecule has 0 aliphatic heterocycles. The van der Waals surface area contributed by atoms with Crippen LogP contribution in [0.5, 0.6) is 5.75 Å². The van der Waals surface area contributed by atoms with Gasteiger partial charge in [-0.3, -0.25) is 4.79 Å². The number of aliphatic carboxylic acids is 1. The minimum Gasteiger partial charge on any atom is -0.491 e. The third-order valence-electron chi connectivity index (χ3n) is 3.48. The molecule has 2 N–H and O–H groups in total. The minimum atomic E-state index is -1.01. The normalized spacial score (nSPS) is 13.5. The molecule has 5 heteroatoms. The van der Waals surface area contributed by atoms with Crippen LogP contribution in [0.3, 0.4) is 0 Å². The van der Waals surface area contributed by atoms with E-state index in [1.165, 1.54) is 0 Å². The molecule has 2 atom stereocenters. The molecule has 1 aromatic carbocycles. The molecule has 122 valence electrons. The summed E-state index contributed by atoms with van der Waals surface area (Å²) in [6.07, 6.45) is 0.795. The molecule has 5 nitrogen and oxygen atoms in total. The number of hydrogen-bond acceptors (Lipinski definition) is 3. The van der Waals surface area contributed by atoms with Crippen molar-refractivity contribution < 1.29 is 19.4 Å². The smallest absolute Gasteiger partial charge is 0.326 e. The van der Waals surface area contributed by atoms with Crippen LogP contribution in [0.2, 0.25) is 0 Å². The third kappa shape index (κ3) is 5.39. The number of nitrogens with one attached hydrogen (secondary N) is 1. The molecular weight excluding hydrogens is 282 g/mol. The molecule has 0 fully saturated rings. The van der Waals surface area contributed by atoms with Gasteiger partial charge in [0, 0.05) is 5.56 Å². The van der Waals surface area contributed by atoms with E-state index in [-0.39, 0.29) is 24.3 Å². The second kappa shape index (κ2) is 8.41. The van der Waals surface area contributed by atoms with Crippen LogP contribution in [-0.4, -0.2) is 29.1 Å². The lowest BCUT2D eigenvalue weighted by Gasteiger charge is -2.20. The number of carboxylic acid groups (broad SMARTS) is 1. The summed E-state index contributed by atoms with van der Waals surface area (Å²) in [5, 5.41) is 11.8. The largest absolute Gasteiger partial charge is 0.491 e. The molecule has 1 aromatic rings. The van der Waals surface area contributed by atoms with Gasteiger partial charge in [-0.05, 0) is 25.8 Å². The summed E-state index contributed by atoms with van der Waals surface area (Å²) in [6, 6.07) is 6.44. The number of carboxylic acids is 1. The Labute approximate surface area is 131 Å². The Hall–Kier alpha value is -2.04. The van der Waals surface area contributed by atoms with Gasteiger partial charge in [0.2, 0.25) is 5.91 Å². The summed E-state index contributed by atoms with van der Waals surface area (Å²) >= 11 is 0. The summed E-state index contributed by atoms with van der Waals surface area (Å²) in [6.45, 7) is 7.55. The summed E-state index contributed by atoms with van der Waals surface area (Å²) < 4.78 is 5.67. The van der Waals surface area contributed by atoms with Gasteiger partial charge in [-0.25, -0.2) is 4.79 Å². The zero-order valence-corrected chi connectivity index (χ0v) is 13.6. The second-order valence-corrected chi connectivity index (χ2v) is 5.72. The molecule has 0 saturated carbocycles. The quantitative estimate of drug-likeness (QED) is 0.774. The average molecular weight is 307 g/mol. The number of ether oxygens (including phenoxy) is 1. The van der Waals surface area contributed by atoms with Crippen LogP contribution in [0.1, 0.15) is 39.7 Å². The Morgan fingerprint density at radius 3 is 2.41 bits per heavy atom. The Balaban J connectivity index is 2.78. The Kier molecular flexibility index (Phi) is 6.89. The van der Waals surface area contributed by atoms with Crippen molar-refractivity contribution in [3.8, 4) is 5.75 Å². The molecule has 22 heavy (non-hydrogen) atoms. The number of benzene rings is 1. The van der Waals surface area contributed by atoms with Crippen molar-refractivity contribution in [1.82, 2.24) is 5.32 Å². The molecule has 0 aliphatic carbocycles. The first-order valence-corrected chi connectivity index (χ1v) is 7.61. The van der Waals surface area contributed by atoms with Crippen LogP contribution in [0.15, 0.2) is 24.3 Å². The van der Waals surface area contributed by atoms with Gasteiger partial charge in [0.1, 0.15) is 11.8 Å². The van der Waals surface area contributed by atoms with Gasteiger partial charge in [-0.1, -0.05) is 38.5 Å². The summed E-state index contributed by atoms with van der Waals surface area (Å²) in [4.78, 5) is 23.4. The fraction of sp³-hybridized carbons (Fsp3) is 0.529. The molecule has 1 amide bonds. The standard InChI is InChI=1S/C17H25NO4/c1-5-12(4)16(17(20)21)18-15(19)10-13-8-6-7-9-14(13)22-11(2)3/h6-9,11-12,16H,5,10H2,1-4H3,(H,18,19)(H,20,21). The molecule has 0 radical (unpaired) electrons. The Morgan fingerprint density at radius 2 is 1.86 bits per heavy atom. The molecule has 0 bridgehead atoms. The Bertz CT molecular complexity index is 513. The lowest BCUT2D eigenvalue weighted by atomic mass is 9.99. The highest BCUT2D eigenvalue weighted by atomic mass is 16.5. The fourth-order valence-corrected chi connectivity index (χ4v) is 2.10. The molecule has 0 spiro atoms. The van der Waals surface area contributed by atoms with Gasteiger partial charge in [0.25, 0.3) is 0 Å². The van der Waals surface area contributed by atoms with E-state index in [4.69, 9.17) is 4.74 Å². The van der Waals surface area contributed by atoms with E-state index in [9.17, 15) is 14.7 Å². The van der Waals surface area contributed by atoms with Gasteiger partial charge in [0.05, 0.1) is 12.5 Å². The van der Waals surface area contributed by atoms with Crippen LogP contribution in [-0.2, 0) is 16.0 Å². The minimum absolute atomic E-state index is 0.0103. The lowest BCUT2D eigenvalue weighted by molar-refractivity contribution is -0.143. The first-order chi connectivity index (χ1) is 10.3. The van der Waals surface area contributed by atoms with Crippen molar-refractivity contribution >= 4 is 11.9 Å². The van der Waals surface area contributed by atoms with E-state index < -0.39 is 12.0 Å². The summed E-state index contributed by atoms with van der Waals surface area (Å²) in [7, 11) is 0. The van der Waals surface area contributed by atoms with Gasteiger partial charge in [-0.2, -0.15) is 0 Å². The molecule has 0 aromatic heterocycles. The molecule has 0 aliphatic rings. The molecule has 2 unspecified atom stereocenters. The van der Waals surface area contributed by atoms with E-state index in [0.29, 0.717) is 12.2 Å². The van der Waals surface area contributed by atoms with E-state index >= 15 is 0 Å². The Morgan fingerprint density at radius 1 is 1.23 bits per heavy atom. The number of rotatable bonds is 8. The van der Waals surface area contributed by atoms with Crippen molar-refractivity contribution in [3.63, 3.8) is 0 Å². The number of carbonyl (C=O) groups is 2. The predicted octanol–water partition coefficient (Wildman–Crippen LogP) is 2.63. The number of amides is 1. The van der Waals surface area contributed by atoms with E-state index in [2.05, 4.69) is 5.32 Å². The van der Waals surface area contributed by atoms with Crippen LogP contribution < -0.4 is 10.1 Å². The highest BCUT2D eigenvalue weighted by Gasteiger charge is 2.25. The van der Waals surface area contributed by atoms with Crippen LogP contribution in [0, 0.1) is 5.92 Å². The topological polar surface area (TPSA) is 75.6 Å². The van der Waals surface area contributed by atoms with Gasteiger partial charge in [-0.15, -0.1) is 0 Å². The van der Waals surface area contributed by atoms with Crippen molar-refractivity contribution in [2.24, 2.45) is 5.92 Å². The van der Waals surface area contributed by atoms with Crippen molar-refractivity contribution in [2.75, 3.05) is 0 Å². The third-order valence-corrected chi connectivity index (χ3v) is 3.48. The zero-order valence-electron chi connectivity index (χ0n) is 13.6. The molecule has 0 saturated heterocycles. The SMILES string of the molecule is CCC(C)C(NC(=O)Cc1ccccc1OC(C)C)C(=O)O. The predicted molar refractivity (Wildman–Crippen MR) is 84.9 cm³/mol. The zero-order chi connectivity index (χ0) is 16.7. The van der Waals surface area contributed by atoms with Crippen molar-refractivity contribution in [1.29, 1.82) is 0 Å². The maximum absolute atomic E-state index is 12.2. The monoisotopic (exact) mass is 307 g/mol. The number of para-hydroxylation sites is 1. The average Bonchev–Trinajstić information content (AvgIpc) is 2.45. The highest BCUT2D eigenvalue weighted by molar-refractivity contribution is 5.85. The lowest BCUT2D eigenvalue weighted by Crippen LogP contribution is -2.45. The maximum atomic E-state index is 12.2. The first kappa shape index (κ1) is 18.0. The molecule has 1 rings (SSSR count). The van der Waals surface area contributed by atoms with E-state index in [0.717, 1.165) is 5.56 Å².